The van der Waals surface area contributed by atoms with Gasteiger partial charge in [-0.15, -0.1) is 0 Å². The number of nitrogens with zero attached hydrogens (tertiary/aromatic N) is 1. The SMILES string of the molecule is CC(C)C(C)(C)CNCc1ccnc(CN)c1. The van der Waals surface area contributed by atoms with E-state index in [1.807, 2.05) is 12.3 Å². The maximum absolute atomic E-state index is 5.57. The van der Waals surface area contributed by atoms with Gasteiger partial charge in [-0.25, -0.2) is 0 Å². The molecule has 1 heterocycles. The summed E-state index contributed by atoms with van der Waals surface area (Å²) in [6.45, 7) is 11.5. The summed E-state index contributed by atoms with van der Waals surface area (Å²) in [5, 5.41) is 3.51. The summed E-state index contributed by atoms with van der Waals surface area (Å²) in [5.74, 6) is 0.673. The summed E-state index contributed by atoms with van der Waals surface area (Å²) in [7, 11) is 0. The van der Waals surface area contributed by atoms with E-state index in [9.17, 15) is 0 Å². The molecule has 0 atom stereocenters. The predicted molar refractivity (Wildman–Crippen MR) is 72.5 cm³/mol. The van der Waals surface area contributed by atoms with E-state index >= 15 is 0 Å². The minimum atomic E-state index is 0.323. The van der Waals surface area contributed by atoms with Gasteiger partial charge >= 0.3 is 0 Å². The highest BCUT2D eigenvalue weighted by molar-refractivity contribution is 5.16. The van der Waals surface area contributed by atoms with Crippen molar-refractivity contribution < 1.29 is 0 Å². The lowest BCUT2D eigenvalue weighted by Gasteiger charge is -2.29. The molecule has 0 bridgehead atoms. The number of aromatic nitrogens is 1. The maximum atomic E-state index is 5.57. The Kier molecular flexibility index (Phi) is 5.09. The van der Waals surface area contributed by atoms with E-state index in [0.717, 1.165) is 18.8 Å². The van der Waals surface area contributed by atoms with Gasteiger partial charge in [0, 0.05) is 25.8 Å². The van der Waals surface area contributed by atoms with E-state index < -0.39 is 0 Å². The summed E-state index contributed by atoms with van der Waals surface area (Å²) in [5.41, 5.74) is 8.10. The molecule has 0 unspecified atom stereocenters. The van der Waals surface area contributed by atoms with Crippen molar-refractivity contribution >= 4 is 0 Å². The molecular weight excluding hydrogens is 210 g/mol. The Morgan fingerprint density at radius 2 is 2.12 bits per heavy atom. The molecule has 1 aromatic heterocycles. The van der Waals surface area contributed by atoms with Crippen molar-refractivity contribution in [3.05, 3.63) is 29.6 Å². The molecule has 17 heavy (non-hydrogen) atoms. The van der Waals surface area contributed by atoms with Gasteiger partial charge in [0.25, 0.3) is 0 Å². The van der Waals surface area contributed by atoms with Crippen molar-refractivity contribution in [2.75, 3.05) is 6.54 Å². The standard InChI is InChI=1S/C14H25N3/c1-11(2)14(3,4)10-16-9-12-5-6-17-13(7-12)8-15/h5-7,11,16H,8-10,15H2,1-4H3. The van der Waals surface area contributed by atoms with Gasteiger partial charge in [-0.05, 0) is 29.0 Å². The highest BCUT2D eigenvalue weighted by Gasteiger charge is 2.21. The van der Waals surface area contributed by atoms with Crippen LogP contribution in [0.15, 0.2) is 18.3 Å². The zero-order valence-electron chi connectivity index (χ0n) is 11.5. The highest BCUT2D eigenvalue weighted by atomic mass is 14.9. The van der Waals surface area contributed by atoms with Gasteiger partial charge in [-0.3, -0.25) is 4.98 Å². The van der Waals surface area contributed by atoms with Crippen LogP contribution in [0.1, 0.15) is 39.0 Å². The van der Waals surface area contributed by atoms with Crippen molar-refractivity contribution in [3.63, 3.8) is 0 Å². The zero-order chi connectivity index (χ0) is 12.9. The molecule has 1 aromatic rings. The van der Waals surface area contributed by atoms with E-state index in [-0.39, 0.29) is 0 Å². The van der Waals surface area contributed by atoms with Gasteiger partial charge in [0.15, 0.2) is 0 Å². The molecule has 0 saturated carbocycles. The second-order valence-electron chi connectivity index (χ2n) is 5.61. The minimum absolute atomic E-state index is 0.323. The van der Waals surface area contributed by atoms with E-state index in [1.54, 1.807) is 0 Å². The molecular formula is C14H25N3. The molecule has 0 spiro atoms. The van der Waals surface area contributed by atoms with E-state index in [2.05, 4.69) is 44.1 Å². The van der Waals surface area contributed by atoms with Crippen molar-refractivity contribution in [1.29, 1.82) is 0 Å². The quantitative estimate of drug-likeness (QED) is 0.795. The van der Waals surface area contributed by atoms with Crippen LogP contribution >= 0.6 is 0 Å². The lowest BCUT2D eigenvalue weighted by molar-refractivity contribution is 0.238. The average molecular weight is 235 g/mol. The number of hydrogen-bond acceptors (Lipinski definition) is 3. The third-order valence-corrected chi connectivity index (χ3v) is 3.56. The summed E-state index contributed by atoms with van der Waals surface area (Å²) >= 11 is 0. The summed E-state index contributed by atoms with van der Waals surface area (Å²) in [4.78, 5) is 4.19. The predicted octanol–water partition coefficient (Wildman–Crippen LogP) is 2.31. The first kappa shape index (κ1) is 14.1. The molecule has 0 aliphatic heterocycles. The Bertz CT molecular complexity index is 345. The number of nitrogens with one attached hydrogen (secondary N) is 1. The maximum Gasteiger partial charge on any atom is 0.0542 e. The minimum Gasteiger partial charge on any atom is -0.325 e. The van der Waals surface area contributed by atoms with Crippen LogP contribution in [0.25, 0.3) is 0 Å². The fraction of sp³-hybridized carbons (Fsp3) is 0.643. The van der Waals surface area contributed by atoms with Crippen molar-refractivity contribution in [2.24, 2.45) is 17.1 Å². The van der Waals surface area contributed by atoms with Gasteiger partial charge in [-0.1, -0.05) is 27.7 Å². The van der Waals surface area contributed by atoms with Gasteiger partial charge in [0.2, 0.25) is 0 Å². The number of nitrogens with two attached hydrogens (primary N) is 1. The summed E-state index contributed by atoms with van der Waals surface area (Å²) < 4.78 is 0. The molecule has 96 valence electrons. The fourth-order valence-corrected chi connectivity index (χ4v) is 1.48. The highest BCUT2D eigenvalue weighted by Crippen LogP contribution is 2.24. The molecule has 0 fully saturated rings. The van der Waals surface area contributed by atoms with Gasteiger partial charge in [0.1, 0.15) is 0 Å². The largest absolute Gasteiger partial charge is 0.325 e. The first-order valence-electron chi connectivity index (χ1n) is 6.30. The van der Waals surface area contributed by atoms with Crippen LogP contribution in [0.3, 0.4) is 0 Å². The van der Waals surface area contributed by atoms with Crippen LogP contribution in [0, 0.1) is 11.3 Å². The molecule has 0 radical (unpaired) electrons. The Morgan fingerprint density at radius 3 is 2.71 bits per heavy atom. The fourth-order valence-electron chi connectivity index (χ4n) is 1.48. The van der Waals surface area contributed by atoms with Gasteiger partial charge in [0.05, 0.1) is 5.69 Å². The number of rotatable bonds is 6. The van der Waals surface area contributed by atoms with Crippen molar-refractivity contribution in [1.82, 2.24) is 10.3 Å². The topological polar surface area (TPSA) is 50.9 Å². The van der Waals surface area contributed by atoms with Gasteiger partial charge < -0.3 is 11.1 Å². The van der Waals surface area contributed by atoms with Crippen LogP contribution in [0.4, 0.5) is 0 Å². The second-order valence-corrected chi connectivity index (χ2v) is 5.61. The molecule has 0 aliphatic rings. The number of hydrogen-bond donors (Lipinski definition) is 2. The van der Waals surface area contributed by atoms with E-state index in [4.69, 9.17) is 5.73 Å². The molecule has 3 heteroatoms. The summed E-state index contributed by atoms with van der Waals surface area (Å²) in [6.07, 6.45) is 1.83. The van der Waals surface area contributed by atoms with Crippen LogP contribution in [0.5, 0.6) is 0 Å². The number of pyridine rings is 1. The van der Waals surface area contributed by atoms with Crippen molar-refractivity contribution in [3.8, 4) is 0 Å². The second kappa shape index (κ2) is 6.12. The molecule has 3 N–H and O–H groups in total. The molecule has 0 aliphatic carbocycles. The van der Waals surface area contributed by atoms with E-state index in [0.29, 0.717) is 17.9 Å². The zero-order valence-corrected chi connectivity index (χ0v) is 11.5. The van der Waals surface area contributed by atoms with Crippen LogP contribution in [-0.2, 0) is 13.1 Å². The summed E-state index contributed by atoms with van der Waals surface area (Å²) in [6, 6.07) is 4.10. The molecule has 0 amide bonds. The van der Waals surface area contributed by atoms with Crippen LogP contribution in [0.2, 0.25) is 0 Å². The van der Waals surface area contributed by atoms with Crippen LogP contribution < -0.4 is 11.1 Å². The lowest BCUT2D eigenvalue weighted by Crippen LogP contribution is -2.33. The molecule has 0 saturated heterocycles. The lowest BCUT2D eigenvalue weighted by atomic mass is 9.81. The Morgan fingerprint density at radius 1 is 1.41 bits per heavy atom. The Labute approximate surface area is 105 Å². The molecule has 3 nitrogen and oxygen atoms in total. The van der Waals surface area contributed by atoms with Crippen LogP contribution in [-0.4, -0.2) is 11.5 Å². The normalized spacial score (nSPS) is 12.1. The van der Waals surface area contributed by atoms with Gasteiger partial charge in [-0.2, -0.15) is 0 Å². The smallest absolute Gasteiger partial charge is 0.0542 e. The van der Waals surface area contributed by atoms with E-state index in [1.165, 1.54) is 5.56 Å². The third-order valence-electron chi connectivity index (χ3n) is 3.56. The molecule has 1 rings (SSSR count). The third kappa shape index (κ3) is 4.44. The van der Waals surface area contributed by atoms with Crippen molar-refractivity contribution in [2.45, 2.75) is 40.8 Å². The first-order valence-corrected chi connectivity index (χ1v) is 6.30. The first-order chi connectivity index (χ1) is 7.95. The molecule has 0 aromatic carbocycles. The Balaban J connectivity index is 2.45. The monoisotopic (exact) mass is 235 g/mol. The average Bonchev–Trinajstić information content (AvgIpc) is 2.29. The Hall–Kier alpha value is -0.930.